The summed E-state index contributed by atoms with van der Waals surface area (Å²) in [7, 11) is 0. The molecule has 2 aromatic carbocycles. The summed E-state index contributed by atoms with van der Waals surface area (Å²) < 4.78 is 20.3. The number of hydrogen-bond acceptors (Lipinski definition) is 5. The molecule has 0 unspecified atom stereocenters. The molecule has 28 heavy (non-hydrogen) atoms. The van der Waals surface area contributed by atoms with Gasteiger partial charge in [0, 0.05) is 11.8 Å². The number of ether oxygens (including phenoxy) is 1. The van der Waals surface area contributed by atoms with Crippen molar-refractivity contribution in [1.29, 1.82) is 0 Å². The highest BCUT2D eigenvalue weighted by Crippen LogP contribution is 2.21. The normalized spacial score (nSPS) is 10.7. The summed E-state index contributed by atoms with van der Waals surface area (Å²) in [6.45, 7) is 4.71. The molecular formula is C20H21FN4O2S. The minimum absolute atomic E-state index is 0.137. The summed E-state index contributed by atoms with van der Waals surface area (Å²) in [5, 5.41) is 11.5. The van der Waals surface area contributed by atoms with Crippen LogP contribution in [0.3, 0.4) is 0 Å². The number of carbonyl (C=O) groups is 1. The molecule has 0 saturated carbocycles. The van der Waals surface area contributed by atoms with Crippen LogP contribution in [0.15, 0.2) is 53.9 Å². The van der Waals surface area contributed by atoms with E-state index in [1.54, 1.807) is 18.5 Å². The second-order valence-corrected chi connectivity index (χ2v) is 7.14. The molecule has 0 aliphatic rings. The molecule has 0 aliphatic heterocycles. The monoisotopic (exact) mass is 400 g/mol. The number of hydrogen-bond donors (Lipinski definition) is 1. The van der Waals surface area contributed by atoms with Crippen LogP contribution in [-0.4, -0.2) is 39.6 Å². The maximum atomic E-state index is 13.1. The van der Waals surface area contributed by atoms with E-state index in [1.807, 2.05) is 16.7 Å². The summed E-state index contributed by atoms with van der Waals surface area (Å²) in [4.78, 5) is 12.0. The highest BCUT2D eigenvalue weighted by molar-refractivity contribution is 7.99. The Labute approximate surface area is 167 Å². The third kappa shape index (κ3) is 5.32. The SMILES string of the molecule is Cc1ccc(-n2cnnc2SCC(=O)NCCOc2cccc(F)c2)cc1C. The van der Waals surface area contributed by atoms with Crippen molar-refractivity contribution < 1.29 is 13.9 Å². The van der Waals surface area contributed by atoms with Gasteiger partial charge < -0.3 is 10.1 Å². The second kappa shape index (κ2) is 9.36. The fourth-order valence-electron chi connectivity index (χ4n) is 2.47. The van der Waals surface area contributed by atoms with Gasteiger partial charge in [0.2, 0.25) is 5.91 Å². The number of aromatic nitrogens is 3. The van der Waals surface area contributed by atoms with Gasteiger partial charge in [-0.05, 0) is 49.2 Å². The van der Waals surface area contributed by atoms with Gasteiger partial charge in [-0.25, -0.2) is 4.39 Å². The standard InChI is InChI=1S/C20H21FN4O2S/c1-14-6-7-17(10-15(14)2)25-13-23-24-20(25)28-12-19(26)22-8-9-27-18-5-3-4-16(21)11-18/h3-7,10-11,13H,8-9,12H2,1-2H3,(H,22,26). The lowest BCUT2D eigenvalue weighted by Crippen LogP contribution is -2.29. The van der Waals surface area contributed by atoms with Crippen LogP contribution in [0.1, 0.15) is 11.1 Å². The van der Waals surface area contributed by atoms with E-state index in [1.165, 1.54) is 35.0 Å². The Morgan fingerprint density at radius 3 is 2.86 bits per heavy atom. The van der Waals surface area contributed by atoms with Crippen molar-refractivity contribution in [2.45, 2.75) is 19.0 Å². The van der Waals surface area contributed by atoms with Gasteiger partial charge in [-0.1, -0.05) is 23.9 Å². The maximum absolute atomic E-state index is 13.1. The molecule has 0 radical (unpaired) electrons. The molecule has 6 nitrogen and oxygen atoms in total. The van der Waals surface area contributed by atoms with Crippen molar-refractivity contribution in [2.75, 3.05) is 18.9 Å². The number of thioether (sulfide) groups is 1. The average molecular weight is 400 g/mol. The van der Waals surface area contributed by atoms with Crippen LogP contribution in [-0.2, 0) is 4.79 Å². The molecule has 0 spiro atoms. The molecule has 3 rings (SSSR count). The Hall–Kier alpha value is -2.87. The zero-order chi connectivity index (χ0) is 19.9. The van der Waals surface area contributed by atoms with E-state index in [9.17, 15) is 9.18 Å². The minimum atomic E-state index is -0.356. The Balaban J connectivity index is 1.46. The average Bonchev–Trinajstić information content (AvgIpc) is 3.14. The number of nitrogens with zero attached hydrogens (tertiary/aromatic N) is 3. The highest BCUT2D eigenvalue weighted by atomic mass is 32.2. The predicted molar refractivity (Wildman–Crippen MR) is 106 cm³/mol. The van der Waals surface area contributed by atoms with Gasteiger partial charge >= 0.3 is 0 Å². The van der Waals surface area contributed by atoms with Crippen LogP contribution in [0.2, 0.25) is 0 Å². The molecule has 0 atom stereocenters. The Morgan fingerprint density at radius 1 is 1.21 bits per heavy atom. The summed E-state index contributed by atoms with van der Waals surface area (Å²) in [6.07, 6.45) is 1.64. The zero-order valence-electron chi connectivity index (χ0n) is 15.7. The van der Waals surface area contributed by atoms with Crippen LogP contribution in [0.4, 0.5) is 4.39 Å². The maximum Gasteiger partial charge on any atom is 0.230 e. The van der Waals surface area contributed by atoms with Crippen molar-refractivity contribution in [3.63, 3.8) is 0 Å². The molecule has 1 amide bonds. The van der Waals surface area contributed by atoms with Crippen LogP contribution in [0.25, 0.3) is 5.69 Å². The van der Waals surface area contributed by atoms with Crippen molar-refractivity contribution in [1.82, 2.24) is 20.1 Å². The fraction of sp³-hybridized carbons (Fsp3) is 0.250. The molecule has 1 N–H and O–H groups in total. The lowest BCUT2D eigenvalue weighted by atomic mass is 10.1. The van der Waals surface area contributed by atoms with E-state index < -0.39 is 0 Å². The molecular weight excluding hydrogens is 379 g/mol. The van der Waals surface area contributed by atoms with E-state index in [2.05, 4.69) is 35.4 Å². The molecule has 0 fully saturated rings. The minimum Gasteiger partial charge on any atom is -0.492 e. The van der Waals surface area contributed by atoms with Crippen molar-refractivity contribution in [2.24, 2.45) is 0 Å². The molecule has 0 bridgehead atoms. The first-order valence-electron chi connectivity index (χ1n) is 8.78. The lowest BCUT2D eigenvalue weighted by Gasteiger charge is -2.09. The number of aryl methyl sites for hydroxylation is 2. The van der Waals surface area contributed by atoms with E-state index in [0.717, 1.165) is 5.69 Å². The number of carbonyl (C=O) groups excluding carboxylic acids is 1. The molecule has 0 aliphatic carbocycles. The number of benzene rings is 2. The lowest BCUT2D eigenvalue weighted by molar-refractivity contribution is -0.118. The quantitative estimate of drug-likeness (QED) is 0.464. The van der Waals surface area contributed by atoms with Crippen LogP contribution in [0, 0.1) is 19.7 Å². The third-order valence-electron chi connectivity index (χ3n) is 4.11. The topological polar surface area (TPSA) is 69.0 Å². The Kier molecular flexibility index (Phi) is 6.65. The second-order valence-electron chi connectivity index (χ2n) is 6.20. The van der Waals surface area contributed by atoms with E-state index in [0.29, 0.717) is 17.5 Å². The van der Waals surface area contributed by atoms with Crippen LogP contribution >= 0.6 is 11.8 Å². The molecule has 0 saturated heterocycles. The van der Waals surface area contributed by atoms with Crippen LogP contribution < -0.4 is 10.1 Å². The third-order valence-corrected chi connectivity index (χ3v) is 5.05. The van der Waals surface area contributed by atoms with Crippen molar-refractivity contribution in [3.05, 3.63) is 65.7 Å². The molecule has 1 heterocycles. The first kappa shape index (κ1) is 19.9. The van der Waals surface area contributed by atoms with Crippen molar-refractivity contribution in [3.8, 4) is 11.4 Å². The van der Waals surface area contributed by atoms with Gasteiger partial charge in [-0.2, -0.15) is 0 Å². The van der Waals surface area contributed by atoms with Gasteiger partial charge in [-0.15, -0.1) is 10.2 Å². The van der Waals surface area contributed by atoms with Gasteiger partial charge in [0.15, 0.2) is 5.16 Å². The van der Waals surface area contributed by atoms with Gasteiger partial charge in [0.1, 0.15) is 24.5 Å². The largest absolute Gasteiger partial charge is 0.492 e. The molecule has 146 valence electrons. The van der Waals surface area contributed by atoms with E-state index in [-0.39, 0.29) is 24.1 Å². The first-order valence-corrected chi connectivity index (χ1v) is 9.77. The van der Waals surface area contributed by atoms with E-state index in [4.69, 9.17) is 4.74 Å². The Bertz CT molecular complexity index is 961. The highest BCUT2D eigenvalue weighted by Gasteiger charge is 2.10. The zero-order valence-corrected chi connectivity index (χ0v) is 16.5. The van der Waals surface area contributed by atoms with Crippen LogP contribution in [0.5, 0.6) is 5.75 Å². The number of nitrogens with one attached hydrogen (secondary N) is 1. The summed E-state index contributed by atoms with van der Waals surface area (Å²) >= 11 is 1.31. The number of amides is 1. The predicted octanol–water partition coefficient (Wildman–Crippen LogP) is 3.31. The molecule has 1 aromatic heterocycles. The van der Waals surface area contributed by atoms with E-state index >= 15 is 0 Å². The number of halogens is 1. The Morgan fingerprint density at radius 2 is 2.07 bits per heavy atom. The van der Waals surface area contributed by atoms with Gasteiger partial charge in [-0.3, -0.25) is 9.36 Å². The smallest absolute Gasteiger partial charge is 0.230 e. The fourth-order valence-corrected chi connectivity index (χ4v) is 3.23. The van der Waals surface area contributed by atoms with Crippen molar-refractivity contribution >= 4 is 17.7 Å². The summed E-state index contributed by atoms with van der Waals surface area (Å²) in [5.74, 6) is 0.155. The summed E-state index contributed by atoms with van der Waals surface area (Å²) in [5.41, 5.74) is 3.35. The molecule has 8 heteroatoms. The molecule has 3 aromatic rings. The van der Waals surface area contributed by atoms with Gasteiger partial charge in [0.05, 0.1) is 12.3 Å². The number of rotatable bonds is 8. The summed E-state index contributed by atoms with van der Waals surface area (Å²) in [6, 6.07) is 12.0. The van der Waals surface area contributed by atoms with Gasteiger partial charge in [0.25, 0.3) is 0 Å². The first-order chi connectivity index (χ1) is 13.5.